The lowest BCUT2D eigenvalue weighted by Crippen LogP contribution is -2.48. The molecular formula is C14H16ClN3O. The van der Waals surface area contributed by atoms with Crippen molar-refractivity contribution in [3.8, 4) is 6.07 Å². The lowest BCUT2D eigenvalue weighted by Gasteiger charge is -2.33. The minimum absolute atomic E-state index is 0.237. The number of ether oxygens (including phenoxy) is 1. The number of hydrogen-bond donors (Lipinski definition) is 0. The number of halogens is 1. The summed E-state index contributed by atoms with van der Waals surface area (Å²) >= 11 is 5.94. The van der Waals surface area contributed by atoms with Crippen LogP contribution in [0, 0.1) is 11.3 Å². The van der Waals surface area contributed by atoms with Crippen molar-refractivity contribution in [1.82, 2.24) is 4.90 Å². The number of morpholine rings is 1. The van der Waals surface area contributed by atoms with Crippen molar-refractivity contribution in [1.29, 1.82) is 5.26 Å². The van der Waals surface area contributed by atoms with E-state index < -0.39 is 0 Å². The molecule has 2 fully saturated rings. The molecule has 2 unspecified atom stereocenters. The van der Waals surface area contributed by atoms with E-state index in [-0.39, 0.29) is 6.10 Å². The average Bonchev–Trinajstić information content (AvgIpc) is 2.83. The third-order valence-corrected chi connectivity index (χ3v) is 4.23. The Labute approximate surface area is 118 Å². The molecule has 19 heavy (non-hydrogen) atoms. The van der Waals surface area contributed by atoms with Gasteiger partial charge in [0.05, 0.1) is 30.0 Å². The molecule has 2 atom stereocenters. The highest BCUT2D eigenvalue weighted by Crippen LogP contribution is 2.30. The van der Waals surface area contributed by atoms with Crippen LogP contribution in [0.4, 0.5) is 5.69 Å². The van der Waals surface area contributed by atoms with Crippen molar-refractivity contribution in [2.24, 2.45) is 0 Å². The van der Waals surface area contributed by atoms with Crippen molar-refractivity contribution in [2.75, 3.05) is 38.2 Å². The van der Waals surface area contributed by atoms with Crippen LogP contribution >= 0.6 is 11.6 Å². The molecule has 1 aromatic rings. The highest BCUT2D eigenvalue weighted by molar-refractivity contribution is 6.30. The molecule has 0 bridgehead atoms. The van der Waals surface area contributed by atoms with Gasteiger partial charge in [-0.15, -0.1) is 0 Å². The predicted molar refractivity (Wildman–Crippen MR) is 74.5 cm³/mol. The van der Waals surface area contributed by atoms with Crippen molar-refractivity contribution < 1.29 is 4.74 Å². The van der Waals surface area contributed by atoms with Gasteiger partial charge >= 0.3 is 0 Å². The summed E-state index contributed by atoms with van der Waals surface area (Å²) in [5, 5.41) is 9.84. The summed E-state index contributed by atoms with van der Waals surface area (Å²) in [5.74, 6) is 0. The quantitative estimate of drug-likeness (QED) is 0.784. The highest BCUT2D eigenvalue weighted by Gasteiger charge is 2.39. The lowest BCUT2D eigenvalue weighted by molar-refractivity contribution is -0.0362. The molecule has 100 valence electrons. The summed E-state index contributed by atoms with van der Waals surface area (Å²) < 4.78 is 5.83. The van der Waals surface area contributed by atoms with Crippen LogP contribution in [-0.4, -0.2) is 50.3 Å². The number of likely N-dealkylation sites (N-methyl/N-ethyl adjacent to an activating group) is 1. The van der Waals surface area contributed by atoms with Crippen LogP contribution in [0.5, 0.6) is 0 Å². The van der Waals surface area contributed by atoms with Crippen LogP contribution in [0.2, 0.25) is 5.02 Å². The van der Waals surface area contributed by atoms with Gasteiger partial charge in [0.25, 0.3) is 0 Å². The fraction of sp³-hybridized carbons (Fsp3) is 0.500. The van der Waals surface area contributed by atoms with E-state index in [9.17, 15) is 5.26 Å². The van der Waals surface area contributed by atoms with Crippen LogP contribution in [0.3, 0.4) is 0 Å². The standard InChI is InChI=1S/C14H16ClN3O/c1-17-4-5-19-14-9-18(8-13(14)17)12-3-2-11(15)6-10(12)7-16/h2-3,6,13-14H,4-5,8-9H2,1H3. The predicted octanol–water partition coefficient (Wildman–Crippen LogP) is 1.73. The summed E-state index contributed by atoms with van der Waals surface area (Å²) in [5.41, 5.74) is 1.59. The Morgan fingerprint density at radius 3 is 3.00 bits per heavy atom. The lowest BCUT2D eigenvalue weighted by atomic mass is 10.1. The molecule has 3 rings (SSSR count). The van der Waals surface area contributed by atoms with E-state index in [1.54, 1.807) is 6.07 Å². The second-order valence-corrected chi connectivity index (χ2v) is 5.57. The van der Waals surface area contributed by atoms with Gasteiger partial charge in [0.1, 0.15) is 6.07 Å². The molecule has 1 aromatic carbocycles. The van der Waals surface area contributed by atoms with E-state index in [4.69, 9.17) is 16.3 Å². The van der Waals surface area contributed by atoms with Gasteiger partial charge in [-0.25, -0.2) is 0 Å². The zero-order chi connectivity index (χ0) is 13.4. The van der Waals surface area contributed by atoms with E-state index in [2.05, 4.69) is 22.9 Å². The van der Waals surface area contributed by atoms with Crippen molar-refractivity contribution in [2.45, 2.75) is 12.1 Å². The minimum atomic E-state index is 0.237. The number of hydrogen-bond acceptors (Lipinski definition) is 4. The molecule has 0 spiro atoms. The molecule has 2 aliphatic rings. The van der Waals surface area contributed by atoms with Crippen molar-refractivity contribution >= 4 is 17.3 Å². The normalized spacial score (nSPS) is 27.1. The Balaban J connectivity index is 1.87. The van der Waals surface area contributed by atoms with Crippen molar-refractivity contribution in [3.63, 3.8) is 0 Å². The largest absolute Gasteiger partial charge is 0.373 e. The van der Waals surface area contributed by atoms with Gasteiger partial charge in [-0.3, -0.25) is 4.90 Å². The number of fused-ring (bicyclic) bond motifs is 1. The number of rotatable bonds is 1. The first kappa shape index (κ1) is 12.7. The fourth-order valence-electron chi connectivity index (χ4n) is 2.93. The van der Waals surface area contributed by atoms with Gasteiger partial charge in [0, 0.05) is 24.7 Å². The van der Waals surface area contributed by atoms with E-state index in [0.717, 1.165) is 31.9 Å². The van der Waals surface area contributed by atoms with Gasteiger partial charge in [-0.1, -0.05) is 11.6 Å². The van der Waals surface area contributed by atoms with Gasteiger partial charge in [-0.2, -0.15) is 5.26 Å². The first-order valence-corrected chi connectivity index (χ1v) is 6.83. The number of benzene rings is 1. The monoisotopic (exact) mass is 277 g/mol. The van der Waals surface area contributed by atoms with Gasteiger partial charge < -0.3 is 9.64 Å². The van der Waals surface area contributed by atoms with Crippen LogP contribution < -0.4 is 4.90 Å². The van der Waals surface area contributed by atoms with E-state index in [0.29, 0.717) is 16.6 Å². The summed E-state index contributed by atoms with van der Waals surface area (Å²) in [6, 6.07) is 8.13. The van der Waals surface area contributed by atoms with Crippen LogP contribution in [0.25, 0.3) is 0 Å². The Hall–Kier alpha value is -1.28. The molecule has 0 N–H and O–H groups in total. The number of nitrogens with zero attached hydrogens (tertiary/aromatic N) is 3. The Bertz CT molecular complexity index is 528. The Kier molecular flexibility index (Phi) is 3.36. The molecular weight excluding hydrogens is 262 g/mol. The van der Waals surface area contributed by atoms with Gasteiger partial charge in [0.2, 0.25) is 0 Å². The van der Waals surface area contributed by atoms with Gasteiger partial charge in [0.15, 0.2) is 0 Å². The fourth-order valence-corrected chi connectivity index (χ4v) is 3.10. The maximum Gasteiger partial charge on any atom is 0.101 e. The number of nitriles is 1. The van der Waals surface area contributed by atoms with Crippen molar-refractivity contribution in [3.05, 3.63) is 28.8 Å². The first-order valence-electron chi connectivity index (χ1n) is 6.45. The third-order valence-electron chi connectivity index (χ3n) is 4.00. The second kappa shape index (κ2) is 5.01. The summed E-state index contributed by atoms with van der Waals surface area (Å²) in [6.07, 6.45) is 0.237. The summed E-state index contributed by atoms with van der Waals surface area (Å²) in [4.78, 5) is 4.57. The summed E-state index contributed by atoms with van der Waals surface area (Å²) in [7, 11) is 2.14. The topological polar surface area (TPSA) is 39.5 Å². The van der Waals surface area contributed by atoms with E-state index in [1.165, 1.54) is 0 Å². The zero-order valence-corrected chi connectivity index (χ0v) is 11.6. The van der Waals surface area contributed by atoms with Crippen LogP contribution in [0.15, 0.2) is 18.2 Å². The van der Waals surface area contributed by atoms with Crippen LogP contribution in [-0.2, 0) is 4.74 Å². The van der Waals surface area contributed by atoms with Gasteiger partial charge in [-0.05, 0) is 25.2 Å². The third kappa shape index (κ3) is 2.30. The molecule has 0 amide bonds. The highest BCUT2D eigenvalue weighted by atomic mass is 35.5. The maximum absolute atomic E-state index is 9.24. The van der Waals surface area contributed by atoms with E-state index >= 15 is 0 Å². The number of anilines is 1. The Morgan fingerprint density at radius 2 is 2.26 bits per heavy atom. The second-order valence-electron chi connectivity index (χ2n) is 5.14. The molecule has 2 heterocycles. The average molecular weight is 278 g/mol. The summed E-state index contributed by atoms with van der Waals surface area (Å²) in [6.45, 7) is 3.50. The molecule has 0 aromatic heterocycles. The minimum Gasteiger partial charge on any atom is -0.373 e. The molecule has 0 aliphatic carbocycles. The molecule has 0 radical (unpaired) electrons. The van der Waals surface area contributed by atoms with E-state index in [1.807, 2.05) is 12.1 Å². The molecule has 2 aliphatic heterocycles. The Morgan fingerprint density at radius 1 is 1.42 bits per heavy atom. The van der Waals surface area contributed by atoms with Crippen LogP contribution in [0.1, 0.15) is 5.56 Å². The maximum atomic E-state index is 9.24. The molecule has 0 saturated carbocycles. The SMILES string of the molecule is CN1CCOC2CN(c3ccc(Cl)cc3C#N)CC21. The molecule has 5 heteroatoms. The molecule has 4 nitrogen and oxygen atoms in total. The molecule has 2 saturated heterocycles. The smallest absolute Gasteiger partial charge is 0.101 e. The first-order chi connectivity index (χ1) is 9.19. The zero-order valence-electron chi connectivity index (χ0n) is 10.8.